The number of alkyl halides is 2. The lowest BCUT2D eigenvalue weighted by Crippen LogP contribution is -2.41. The van der Waals surface area contributed by atoms with Crippen LogP contribution in [0.3, 0.4) is 0 Å². The molecule has 0 aromatic rings. The van der Waals surface area contributed by atoms with E-state index >= 15 is 0 Å². The van der Waals surface area contributed by atoms with Crippen LogP contribution in [-0.4, -0.2) is 29.8 Å². The van der Waals surface area contributed by atoms with E-state index in [9.17, 15) is 13.6 Å². The van der Waals surface area contributed by atoms with Crippen LogP contribution >= 0.6 is 0 Å². The molecule has 0 atom stereocenters. The zero-order valence-corrected chi connectivity index (χ0v) is 7.63. The van der Waals surface area contributed by atoms with Gasteiger partial charge in [0.15, 0.2) is 0 Å². The van der Waals surface area contributed by atoms with E-state index in [-0.39, 0.29) is 19.0 Å². The fourth-order valence-electron chi connectivity index (χ4n) is 0.919. The summed E-state index contributed by atoms with van der Waals surface area (Å²) in [6, 6.07) is 1.51. The van der Waals surface area contributed by atoms with Gasteiger partial charge in [0.05, 0.1) is 12.5 Å². The third-order valence-electron chi connectivity index (χ3n) is 1.56. The molecule has 0 aliphatic heterocycles. The fraction of sp³-hybridized carbons (Fsp3) is 0.750. The number of hydrogen-bond acceptors (Lipinski definition) is 2. The quantitative estimate of drug-likeness (QED) is 0.672. The second kappa shape index (κ2) is 5.46. The molecular formula is C8H12F2N2O. The number of rotatable bonds is 4. The first-order chi connectivity index (χ1) is 6.00. The molecule has 0 aromatic heterocycles. The predicted molar refractivity (Wildman–Crippen MR) is 43.1 cm³/mol. The van der Waals surface area contributed by atoms with Gasteiger partial charge in [-0.15, -0.1) is 0 Å². The van der Waals surface area contributed by atoms with Crippen molar-refractivity contribution in [2.24, 2.45) is 0 Å². The van der Waals surface area contributed by atoms with Gasteiger partial charge in [0.2, 0.25) is 0 Å². The highest BCUT2D eigenvalue weighted by molar-refractivity contribution is 5.79. The minimum Gasteiger partial charge on any atom is -0.334 e. The van der Waals surface area contributed by atoms with E-state index in [1.54, 1.807) is 13.8 Å². The lowest BCUT2D eigenvalue weighted by molar-refractivity contribution is -0.144. The van der Waals surface area contributed by atoms with Gasteiger partial charge in [-0.05, 0) is 13.8 Å². The third-order valence-corrected chi connectivity index (χ3v) is 1.56. The monoisotopic (exact) mass is 190 g/mol. The second-order valence-electron chi connectivity index (χ2n) is 2.83. The van der Waals surface area contributed by atoms with E-state index in [1.165, 1.54) is 0 Å². The van der Waals surface area contributed by atoms with Gasteiger partial charge in [-0.3, -0.25) is 4.79 Å². The van der Waals surface area contributed by atoms with Gasteiger partial charge in [-0.1, -0.05) is 0 Å². The first-order valence-corrected chi connectivity index (χ1v) is 3.96. The van der Waals surface area contributed by atoms with Crippen molar-refractivity contribution in [2.45, 2.75) is 32.7 Å². The lowest BCUT2D eigenvalue weighted by Gasteiger charge is -2.25. The summed E-state index contributed by atoms with van der Waals surface area (Å²) in [6.45, 7) is 3.34. The molecular weight excluding hydrogens is 178 g/mol. The van der Waals surface area contributed by atoms with Gasteiger partial charge in [-0.2, -0.15) is 14.0 Å². The standard InChI is InChI=1S/C8H12F2N2O/c1-6(2)12(5-3-4-11)8(13)7(9)10/h6-7H,3,5H2,1-2H3. The molecule has 0 unspecified atom stereocenters. The first-order valence-electron chi connectivity index (χ1n) is 3.96. The lowest BCUT2D eigenvalue weighted by atomic mass is 10.3. The molecule has 0 saturated heterocycles. The summed E-state index contributed by atoms with van der Waals surface area (Å²) in [7, 11) is 0. The molecule has 3 nitrogen and oxygen atoms in total. The van der Waals surface area contributed by atoms with Gasteiger partial charge < -0.3 is 4.90 Å². The Labute approximate surface area is 75.9 Å². The molecule has 74 valence electrons. The molecule has 0 aromatic carbocycles. The summed E-state index contributed by atoms with van der Waals surface area (Å²) >= 11 is 0. The number of carbonyl (C=O) groups is 1. The highest BCUT2D eigenvalue weighted by Crippen LogP contribution is 2.06. The number of nitriles is 1. The van der Waals surface area contributed by atoms with Gasteiger partial charge in [0, 0.05) is 12.6 Å². The molecule has 1 amide bonds. The van der Waals surface area contributed by atoms with Crippen LogP contribution in [-0.2, 0) is 4.79 Å². The van der Waals surface area contributed by atoms with Crippen LogP contribution in [0.25, 0.3) is 0 Å². The number of amides is 1. The van der Waals surface area contributed by atoms with Crippen molar-refractivity contribution in [2.75, 3.05) is 6.54 Å². The van der Waals surface area contributed by atoms with Crippen LogP contribution < -0.4 is 0 Å². The molecule has 0 heterocycles. The predicted octanol–water partition coefficient (Wildman–Crippen LogP) is 1.40. The Balaban J connectivity index is 4.26. The smallest absolute Gasteiger partial charge is 0.315 e. The van der Waals surface area contributed by atoms with Gasteiger partial charge in [-0.25, -0.2) is 0 Å². The SMILES string of the molecule is CC(C)N(CCC#N)C(=O)C(F)F. The summed E-state index contributed by atoms with van der Waals surface area (Å²) in [6.07, 6.45) is -2.91. The maximum atomic E-state index is 12.0. The Morgan fingerprint density at radius 2 is 2.08 bits per heavy atom. The van der Waals surface area contributed by atoms with E-state index in [4.69, 9.17) is 5.26 Å². The fourth-order valence-corrected chi connectivity index (χ4v) is 0.919. The van der Waals surface area contributed by atoms with Crippen molar-refractivity contribution in [3.8, 4) is 6.07 Å². The maximum absolute atomic E-state index is 12.0. The summed E-state index contributed by atoms with van der Waals surface area (Å²) in [5.41, 5.74) is 0. The topological polar surface area (TPSA) is 44.1 Å². The van der Waals surface area contributed by atoms with E-state index in [1.807, 2.05) is 6.07 Å². The average molecular weight is 190 g/mol. The minimum absolute atomic E-state index is 0.0668. The Morgan fingerprint density at radius 3 is 2.38 bits per heavy atom. The molecule has 0 aliphatic rings. The van der Waals surface area contributed by atoms with Crippen LogP contribution in [0.5, 0.6) is 0 Å². The van der Waals surface area contributed by atoms with Gasteiger partial charge in [0.1, 0.15) is 0 Å². The maximum Gasteiger partial charge on any atom is 0.315 e. The second-order valence-corrected chi connectivity index (χ2v) is 2.83. The number of hydrogen-bond donors (Lipinski definition) is 0. The molecule has 0 rings (SSSR count). The van der Waals surface area contributed by atoms with Crippen molar-refractivity contribution in [3.05, 3.63) is 0 Å². The number of nitrogens with zero attached hydrogens (tertiary/aromatic N) is 2. The van der Waals surface area contributed by atoms with Crippen molar-refractivity contribution in [3.63, 3.8) is 0 Å². The van der Waals surface area contributed by atoms with E-state index in [0.717, 1.165) is 4.90 Å². The molecule has 0 spiro atoms. The largest absolute Gasteiger partial charge is 0.334 e. The van der Waals surface area contributed by atoms with E-state index in [0.29, 0.717) is 0 Å². The van der Waals surface area contributed by atoms with Crippen molar-refractivity contribution >= 4 is 5.91 Å². The van der Waals surface area contributed by atoms with Crippen LogP contribution in [0.15, 0.2) is 0 Å². The summed E-state index contributed by atoms with van der Waals surface area (Å²) in [5.74, 6) is -1.20. The highest BCUT2D eigenvalue weighted by Gasteiger charge is 2.24. The third kappa shape index (κ3) is 3.83. The molecule has 0 radical (unpaired) electrons. The first kappa shape index (κ1) is 11.8. The Bertz CT molecular complexity index is 211. The average Bonchev–Trinajstić information content (AvgIpc) is 2.04. The molecule has 0 fully saturated rings. The molecule has 13 heavy (non-hydrogen) atoms. The van der Waals surface area contributed by atoms with Crippen LogP contribution in [0.1, 0.15) is 20.3 Å². The number of carbonyl (C=O) groups excluding carboxylic acids is 1. The van der Waals surface area contributed by atoms with Crippen LogP contribution in [0, 0.1) is 11.3 Å². The normalized spacial score (nSPS) is 10.2. The number of halogens is 2. The molecule has 0 bridgehead atoms. The molecule has 0 aliphatic carbocycles. The van der Waals surface area contributed by atoms with Crippen molar-refractivity contribution in [1.82, 2.24) is 4.90 Å². The summed E-state index contributed by atoms with van der Waals surface area (Å²) in [4.78, 5) is 11.9. The Hall–Kier alpha value is -1.18. The summed E-state index contributed by atoms with van der Waals surface area (Å²) in [5, 5.41) is 8.24. The van der Waals surface area contributed by atoms with Crippen molar-refractivity contribution in [1.29, 1.82) is 5.26 Å². The van der Waals surface area contributed by atoms with Crippen LogP contribution in [0.2, 0.25) is 0 Å². The molecule has 0 N–H and O–H groups in total. The molecule has 5 heteroatoms. The van der Waals surface area contributed by atoms with Gasteiger partial charge >= 0.3 is 6.43 Å². The molecule has 0 saturated carbocycles. The van der Waals surface area contributed by atoms with E-state index in [2.05, 4.69) is 0 Å². The van der Waals surface area contributed by atoms with Crippen molar-refractivity contribution < 1.29 is 13.6 Å². The summed E-state index contributed by atoms with van der Waals surface area (Å²) < 4.78 is 24.0. The zero-order chi connectivity index (χ0) is 10.4. The van der Waals surface area contributed by atoms with Crippen LogP contribution in [0.4, 0.5) is 8.78 Å². The Morgan fingerprint density at radius 1 is 1.54 bits per heavy atom. The Kier molecular flexibility index (Phi) is 4.97. The minimum atomic E-state index is -2.99. The van der Waals surface area contributed by atoms with E-state index < -0.39 is 12.3 Å². The van der Waals surface area contributed by atoms with Gasteiger partial charge in [0.25, 0.3) is 5.91 Å². The highest BCUT2D eigenvalue weighted by atomic mass is 19.3. The zero-order valence-electron chi connectivity index (χ0n) is 7.63.